The Morgan fingerprint density at radius 1 is 0.943 bits per heavy atom. The maximum atomic E-state index is 13.0. The molecule has 1 aliphatic rings. The van der Waals surface area contributed by atoms with Gasteiger partial charge in [0, 0.05) is 18.8 Å². The molecule has 2 aromatic rings. The predicted molar refractivity (Wildman–Crippen MR) is 131 cm³/mol. The van der Waals surface area contributed by atoms with E-state index in [0.29, 0.717) is 18.7 Å². The topological polar surface area (TPSA) is 127 Å². The van der Waals surface area contributed by atoms with Gasteiger partial charge in [0.15, 0.2) is 16.4 Å². The van der Waals surface area contributed by atoms with E-state index >= 15 is 0 Å². The van der Waals surface area contributed by atoms with Gasteiger partial charge in [-0.1, -0.05) is 30.2 Å². The molecule has 1 amide bonds. The molecule has 1 saturated heterocycles. The second kappa shape index (κ2) is 11.3. The van der Waals surface area contributed by atoms with Gasteiger partial charge in [0.05, 0.1) is 22.0 Å². The minimum absolute atomic E-state index is 0.114. The number of sulfonamides is 1. The van der Waals surface area contributed by atoms with Crippen molar-refractivity contribution in [1.29, 1.82) is 0 Å². The van der Waals surface area contributed by atoms with Gasteiger partial charge in [-0.05, 0) is 56.5 Å². The molecule has 0 aromatic heterocycles. The third kappa shape index (κ3) is 7.12. The number of piperidine rings is 1. The Hall–Kier alpha value is -2.76. The number of carbonyl (C=O) groups is 2. The number of hydrogen-bond donors (Lipinski definition) is 1. The average Bonchev–Trinajstić information content (AvgIpc) is 2.83. The predicted octanol–water partition coefficient (Wildman–Crippen LogP) is 2.82. The van der Waals surface area contributed by atoms with Crippen molar-refractivity contribution in [3.8, 4) is 0 Å². The highest BCUT2D eigenvalue weighted by Crippen LogP contribution is 2.26. The quantitative estimate of drug-likeness (QED) is 0.502. The lowest BCUT2D eigenvalue weighted by atomic mass is 10.2. The average molecular weight is 523 g/mol. The standard InChI is InChI=1S/C24H30N2O7S2/c1-18-6-10-21(11-7-18)34(29,30)15-12-24(28)33-17-23(27)25-20-9-8-19(2)22(16-20)35(31,32)26-13-4-3-5-14-26/h6-11,16H,3-5,12-15,17H2,1-2H3,(H,25,27). The molecule has 0 unspecified atom stereocenters. The summed E-state index contributed by atoms with van der Waals surface area (Å²) in [4.78, 5) is 24.5. The molecule has 0 saturated carbocycles. The second-order valence-electron chi connectivity index (χ2n) is 8.54. The summed E-state index contributed by atoms with van der Waals surface area (Å²) in [6, 6.07) is 10.9. The van der Waals surface area contributed by atoms with Gasteiger partial charge in [0.1, 0.15) is 0 Å². The van der Waals surface area contributed by atoms with Gasteiger partial charge in [0.25, 0.3) is 5.91 Å². The van der Waals surface area contributed by atoms with E-state index in [4.69, 9.17) is 4.74 Å². The van der Waals surface area contributed by atoms with Crippen molar-refractivity contribution in [3.63, 3.8) is 0 Å². The Morgan fingerprint density at radius 2 is 1.60 bits per heavy atom. The maximum absolute atomic E-state index is 13.0. The summed E-state index contributed by atoms with van der Waals surface area (Å²) >= 11 is 0. The lowest BCUT2D eigenvalue weighted by Crippen LogP contribution is -2.36. The van der Waals surface area contributed by atoms with Gasteiger partial charge in [0.2, 0.25) is 10.0 Å². The highest BCUT2D eigenvalue weighted by molar-refractivity contribution is 7.91. The van der Waals surface area contributed by atoms with Crippen LogP contribution in [0.3, 0.4) is 0 Å². The zero-order valence-corrected chi connectivity index (χ0v) is 21.5. The molecule has 11 heteroatoms. The van der Waals surface area contributed by atoms with E-state index < -0.39 is 50.5 Å². The fourth-order valence-electron chi connectivity index (χ4n) is 3.70. The van der Waals surface area contributed by atoms with E-state index in [0.717, 1.165) is 24.8 Å². The normalized spacial score (nSPS) is 14.9. The Bertz CT molecular complexity index is 1280. The Morgan fingerprint density at radius 3 is 2.26 bits per heavy atom. The summed E-state index contributed by atoms with van der Waals surface area (Å²) < 4.78 is 57.1. The smallest absolute Gasteiger partial charge is 0.307 e. The van der Waals surface area contributed by atoms with Crippen LogP contribution in [0, 0.1) is 13.8 Å². The second-order valence-corrected chi connectivity index (χ2v) is 12.6. The summed E-state index contributed by atoms with van der Waals surface area (Å²) in [5.41, 5.74) is 1.74. The molecule has 0 aliphatic carbocycles. The Kier molecular flexibility index (Phi) is 8.68. The number of anilines is 1. The Balaban J connectivity index is 1.54. The van der Waals surface area contributed by atoms with Crippen molar-refractivity contribution in [2.45, 2.75) is 49.3 Å². The molecule has 35 heavy (non-hydrogen) atoms. The molecular formula is C24H30N2O7S2. The molecule has 0 atom stereocenters. The number of ether oxygens (including phenoxy) is 1. The zero-order valence-electron chi connectivity index (χ0n) is 19.8. The molecular weight excluding hydrogens is 492 g/mol. The molecule has 0 radical (unpaired) electrons. The number of nitrogens with zero attached hydrogens (tertiary/aromatic N) is 1. The van der Waals surface area contributed by atoms with Crippen LogP contribution in [-0.4, -0.2) is 58.5 Å². The van der Waals surface area contributed by atoms with E-state index in [1.54, 1.807) is 31.2 Å². The summed E-state index contributed by atoms with van der Waals surface area (Å²) in [5, 5.41) is 2.53. The molecule has 1 fully saturated rings. The molecule has 0 spiro atoms. The van der Waals surface area contributed by atoms with Crippen LogP contribution in [0.5, 0.6) is 0 Å². The first kappa shape index (κ1) is 26.8. The Labute approximate surface area is 206 Å². The lowest BCUT2D eigenvalue weighted by Gasteiger charge is -2.26. The number of nitrogens with one attached hydrogen (secondary N) is 1. The summed E-state index contributed by atoms with van der Waals surface area (Å²) in [6.07, 6.45) is 2.22. The van der Waals surface area contributed by atoms with E-state index in [1.807, 2.05) is 6.92 Å². The van der Waals surface area contributed by atoms with Crippen LogP contribution in [0.25, 0.3) is 0 Å². The van der Waals surface area contributed by atoms with Crippen LogP contribution in [-0.2, 0) is 34.2 Å². The van der Waals surface area contributed by atoms with E-state index in [9.17, 15) is 26.4 Å². The van der Waals surface area contributed by atoms with Gasteiger partial charge < -0.3 is 10.1 Å². The summed E-state index contributed by atoms with van der Waals surface area (Å²) in [7, 11) is -7.34. The van der Waals surface area contributed by atoms with Gasteiger partial charge >= 0.3 is 5.97 Å². The number of amides is 1. The van der Waals surface area contributed by atoms with Crippen LogP contribution in [0.1, 0.15) is 36.8 Å². The molecule has 3 rings (SSSR count). The summed E-state index contributed by atoms with van der Waals surface area (Å²) in [5.74, 6) is -1.93. The molecule has 1 N–H and O–H groups in total. The van der Waals surface area contributed by atoms with E-state index in [1.165, 1.54) is 22.5 Å². The summed E-state index contributed by atoms with van der Waals surface area (Å²) in [6.45, 7) is 3.84. The fourth-order valence-corrected chi connectivity index (χ4v) is 6.69. The molecule has 1 aliphatic heterocycles. The van der Waals surface area contributed by atoms with Gasteiger partial charge in [-0.3, -0.25) is 9.59 Å². The first-order valence-electron chi connectivity index (χ1n) is 11.3. The van der Waals surface area contributed by atoms with Gasteiger partial charge in [-0.25, -0.2) is 16.8 Å². The largest absolute Gasteiger partial charge is 0.456 e. The monoisotopic (exact) mass is 522 g/mol. The van der Waals surface area contributed by atoms with Crippen molar-refractivity contribution in [2.75, 3.05) is 30.8 Å². The molecule has 0 bridgehead atoms. The number of hydrogen-bond acceptors (Lipinski definition) is 7. The minimum atomic E-state index is -3.68. The molecule has 9 nitrogen and oxygen atoms in total. The number of benzene rings is 2. The SMILES string of the molecule is Cc1ccc(S(=O)(=O)CCC(=O)OCC(=O)Nc2ccc(C)c(S(=O)(=O)N3CCCCC3)c2)cc1. The van der Waals surface area contributed by atoms with Crippen molar-refractivity contribution in [1.82, 2.24) is 4.31 Å². The van der Waals surface area contributed by atoms with Crippen LogP contribution in [0.4, 0.5) is 5.69 Å². The number of sulfone groups is 1. The number of aryl methyl sites for hydroxylation is 2. The fraction of sp³-hybridized carbons (Fsp3) is 0.417. The molecule has 2 aromatic carbocycles. The number of esters is 1. The zero-order chi connectivity index (χ0) is 25.6. The third-order valence-corrected chi connectivity index (χ3v) is 9.50. The van der Waals surface area contributed by atoms with Crippen molar-refractivity contribution in [3.05, 3.63) is 53.6 Å². The number of rotatable bonds is 9. The van der Waals surface area contributed by atoms with Crippen LogP contribution in [0.2, 0.25) is 0 Å². The number of carbonyl (C=O) groups excluding carboxylic acids is 2. The van der Waals surface area contributed by atoms with Gasteiger partial charge in [-0.15, -0.1) is 0 Å². The third-order valence-electron chi connectivity index (χ3n) is 5.72. The minimum Gasteiger partial charge on any atom is -0.456 e. The van der Waals surface area contributed by atoms with Crippen molar-refractivity contribution >= 4 is 37.4 Å². The highest BCUT2D eigenvalue weighted by Gasteiger charge is 2.27. The van der Waals surface area contributed by atoms with Crippen molar-refractivity contribution in [2.24, 2.45) is 0 Å². The van der Waals surface area contributed by atoms with Crippen LogP contribution in [0.15, 0.2) is 52.3 Å². The van der Waals surface area contributed by atoms with Crippen molar-refractivity contribution < 1.29 is 31.2 Å². The van der Waals surface area contributed by atoms with Crippen LogP contribution < -0.4 is 5.32 Å². The maximum Gasteiger partial charge on any atom is 0.307 e. The first-order chi connectivity index (χ1) is 16.5. The molecule has 190 valence electrons. The van der Waals surface area contributed by atoms with Crippen LogP contribution >= 0.6 is 0 Å². The van der Waals surface area contributed by atoms with Gasteiger partial charge in [-0.2, -0.15) is 4.31 Å². The first-order valence-corrected chi connectivity index (χ1v) is 14.4. The highest BCUT2D eigenvalue weighted by atomic mass is 32.2. The lowest BCUT2D eigenvalue weighted by molar-refractivity contribution is -0.146. The van der Waals surface area contributed by atoms with E-state index in [-0.39, 0.29) is 15.5 Å². The molecule has 1 heterocycles. The van der Waals surface area contributed by atoms with E-state index in [2.05, 4.69) is 5.32 Å².